The molecule has 1 aromatic rings. The second-order valence-electron chi connectivity index (χ2n) is 2.49. The molecule has 0 spiro atoms. The van der Waals surface area contributed by atoms with Gasteiger partial charge in [0.1, 0.15) is 13.6 Å². The van der Waals surface area contributed by atoms with E-state index in [1.807, 2.05) is 0 Å². The van der Waals surface area contributed by atoms with E-state index in [-0.39, 0.29) is 11.2 Å². The van der Waals surface area contributed by atoms with E-state index in [0.717, 1.165) is 12.1 Å². The maximum absolute atomic E-state index is 12.2. The van der Waals surface area contributed by atoms with E-state index in [0.29, 0.717) is 0 Å². The monoisotopic (exact) mass is 186 g/mol. The summed E-state index contributed by atoms with van der Waals surface area (Å²) in [6.07, 6.45) is -4.39. The van der Waals surface area contributed by atoms with E-state index in [1.165, 1.54) is 13.2 Å². The molecule has 0 heterocycles. The van der Waals surface area contributed by atoms with Gasteiger partial charge in [0, 0.05) is 0 Å². The fraction of sp³-hybridized carbons (Fsp3) is 0.250. The maximum Gasteiger partial charge on any atom is 0.416 e. The second kappa shape index (κ2) is 3.32. The van der Waals surface area contributed by atoms with Crippen LogP contribution in [-0.2, 0) is 6.18 Å². The topological polar surface area (TPSA) is 9.23 Å². The van der Waals surface area contributed by atoms with Crippen molar-refractivity contribution in [2.24, 2.45) is 0 Å². The zero-order valence-electron chi connectivity index (χ0n) is 6.85. The summed E-state index contributed by atoms with van der Waals surface area (Å²) in [6, 6.07) is 3.09. The summed E-state index contributed by atoms with van der Waals surface area (Å²) in [5.41, 5.74) is -0.768. The smallest absolute Gasteiger partial charge is 0.416 e. The average Bonchev–Trinajstić information content (AvgIpc) is 2.01. The van der Waals surface area contributed by atoms with Crippen molar-refractivity contribution in [1.29, 1.82) is 0 Å². The standard InChI is InChI=1S/C8H6BF3O/c1-13-7-3-5(8(10,11)12)2-6(9)4-7/h2-4H,1H3. The number of benzene rings is 1. The van der Waals surface area contributed by atoms with Crippen LogP contribution in [0.2, 0.25) is 0 Å². The van der Waals surface area contributed by atoms with Crippen molar-refractivity contribution in [3.63, 3.8) is 0 Å². The minimum atomic E-state index is -4.39. The largest absolute Gasteiger partial charge is 0.497 e. The number of alkyl halides is 3. The van der Waals surface area contributed by atoms with Gasteiger partial charge in [0.15, 0.2) is 0 Å². The average molecular weight is 186 g/mol. The minimum Gasteiger partial charge on any atom is -0.497 e. The van der Waals surface area contributed by atoms with Gasteiger partial charge in [-0.1, -0.05) is 11.5 Å². The Hall–Kier alpha value is -1.13. The Morgan fingerprint density at radius 3 is 2.31 bits per heavy atom. The van der Waals surface area contributed by atoms with Gasteiger partial charge in [0.05, 0.1) is 12.7 Å². The van der Waals surface area contributed by atoms with E-state index in [9.17, 15) is 13.2 Å². The lowest BCUT2D eigenvalue weighted by Crippen LogP contribution is -2.11. The molecule has 0 aliphatic heterocycles. The molecule has 0 bridgehead atoms. The van der Waals surface area contributed by atoms with Gasteiger partial charge >= 0.3 is 6.18 Å². The first-order valence-electron chi connectivity index (χ1n) is 3.45. The fourth-order valence-corrected chi connectivity index (χ4v) is 0.904. The molecule has 0 amide bonds. The van der Waals surface area contributed by atoms with Crippen LogP contribution in [0.5, 0.6) is 5.75 Å². The van der Waals surface area contributed by atoms with Gasteiger partial charge < -0.3 is 4.74 Å². The predicted molar refractivity (Wildman–Crippen MR) is 43.4 cm³/mol. The van der Waals surface area contributed by atoms with Crippen LogP contribution >= 0.6 is 0 Å². The van der Waals surface area contributed by atoms with Crippen molar-refractivity contribution < 1.29 is 17.9 Å². The van der Waals surface area contributed by atoms with Gasteiger partial charge in [0.2, 0.25) is 0 Å². The third-order valence-corrected chi connectivity index (χ3v) is 1.49. The molecule has 2 radical (unpaired) electrons. The summed E-state index contributed by atoms with van der Waals surface area (Å²) < 4.78 is 41.2. The van der Waals surface area contributed by atoms with Crippen molar-refractivity contribution in [2.75, 3.05) is 7.11 Å². The van der Waals surface area contributed by atoms with Crippen LogP contribution in [0.1, 0.15) is 5.56 Å². The molecule has 13 heavy (non-hydrogen) atoms. The van der Waals surface area contributed by atoms with E-state index in [4.69, 9.17) is 7.85 Å². The first-order valence-corrected chi connectivity index (χ1v) is 3.45. The Bertz CT molecular complexity index is 309. The molecule has 1 aromatic carbocycles. The molecule has 0 fully saturated rings. The van der Waals surface area contributed by atoms with Gasteiger partial charge in [-0.3, -0.25) is 0 Å². The van der Waals surface area contributed by atoms with Gasteiger partial charge in [0.25, 0.3) is 0 Å². The van der Waals surface area contributed by atoms with Crippen molar-refractivity contribution in [3.05, 3.63) is 23.8 Å². The third-order valence-electron chi connectivity index (χ3n) is 1.49. The van der Waals surface area contributed by atoms with Gasteiger partial charge in [-0.2, -0.15) is 13.2 Å². The molecule has 68 valence electrons. The number of methoxy groups -OCH3 is 1. The number of hydrogen-bond donors (Lipinski definition) is 0. The molecule has 5 heteroatoms. The van der Waals surface area contributed by atoms with Crippen LogP contribution in [0.3, 0.4) is 0 Å². The van der Waals surface area contributed by atoms with Gasteiger partial charge in [-0.25, -0.2) is 0 Å². The Balaban J connectivity index is 3.16. The van der Waals surface area contributed by atoms with E-state index in [1.54, 1.807) is 0 Å². The quantitative estimate of drug-likeness (QED) is 0.604. The first-order chi connectivity index (χ1) is 5.93. The summed E-state index contributed by atoms with van der Waals surface area (Å²) in [7, 11) is 6.54. The number of ether oxygens (including phenoxy) is 1. The predicted octanol–water partition coefficient (Wildman–Crippen LogP) is 1.51. The summed E-state index contributed by atoms with van der Waals surface area (Å²) >= 11 is 0. The molecule has 0 atom stereocenters. The van der Waals surface area contributed by atoms with E-state index >= 15 is 0 Å². The van der Waals surface area contributed by atoms with Crippen molar-refractivity contribution >= 4 is 13.3 Å². The Kier molecular flexibility index (Phi) is 2.54. The van der Waals surface area contributed by atoms with Crippen molar-refractivity contribution in [3.8, 4) is 5.75 Å². The van der Waals surface area contributed by atoms with Crippen molar-refractivity contribution in [1.82, 2.24) is 0 Å². The molecule has 0 N–H and O–H groups in total. The summed E-state index contributed by atoms with van der Waals surface area (Å²) in [4.78, 5) is 0. The summed E-state index contributed by atoms with van der Waals surface area (Å²) in [5, 5.41) is 0. The number of hydrogen-bond acceptors (Lipinski definition) is 1. The van der Waals surface area contributed by atoms with Gasteiger partial charge in [-0.15, -0.1) is 0 Å². The molecule has 0 aliphatic carbocycles. The highest BCUT2D eigenvalue weighted by atomic mass is 19.4. The van der Waals surface area contributed by atoms with Crippen LogP contribution in [-0.4, -0.2) is 15.0 Å². The van der Waals surface area contributed by atoms with Crippen LogP contribution in [0, 0.1) is 0 Å². The zero-order chi connectivity index (χ0) is 10.1. The number of rotatable bonds is 1. The second-order valence-corrected chi connectivity index (χ2v) is 2.49. The zero-order valence-corrected chi connectivity index (χ0v) is 6.85. The molecule has 0 saturated carbocycles. The van der Waals surface area contributed by atoms with Crippen molar-refractivity contribution in [2.45, 2.75) is 6.18 Å². The lowest BCUT2D eigenvalue weighted by atomic mass is 9.94. The van der Waals surface area contributed by atoms with Crippen LogP contribution in [0.15, 0.2) is 18.2 Å². The van der Waals surface area contributed by atoms with Crippen LogP contribution < -0.4 is 10.2 Å². The fourth-order valence-electron chi connectivity index (χ4n) is 0.904. The molecule has 1 nitrogen and oxygen atoms in total. The van der Waals surface area contributed by atoms with Crippen LogP contribution in [0.4, 0.5) is 13.2 Å². The first kappa shape index (κ1) is 9.96. The van der Waals surface area contributed by atoms with Crippen LogP contribution in [0.25, 0.3) is 0 Å². The molecular weight excluding hydrogens is 180 g/mol. The molecule has 0 aliphatic rings. The highest BCUT2D eigenvalue weighted by Crippen LogP contribution is 2.30. The number of halogens is 3. The Labute approximate surface area is 74.9 Å². The lowest BCUT2D eigenvalue weighted by molar-refractivity contribution is -0.137. The SMILES string of the molecule is [B]c1cc(OC)cc(C(F)(F)F)c1. The molecule has 0 saturated heterocycles. The molecule has 1 rings (SSSR count). The summed E-state index contributed by atoms with van der Waals surface area (Å²) in [5.74, 6) is 0.104. The highest BCUT2D eigenvalue weighted by Gasteiger charge is 2.30. The Morgan fingerprint density at radius 2 is 1.85 bits per heavy atom. The minimum absolute atomic E-state index is 0.0340. The summed E-state index contributed by atoms with van der Waals surface area (Å²) in [6.45, 7) is 0. The van der Waals surface area contributed by atoms with E-state index in [2.05, 4.69) is 4.74 Å². The van der Waals surface area contributed by atoms with E-state index < -0.39 is 11.7 Å². The normalized spacial score (nSPS) is 11.4. The maximum atomic E-state index is 12.2. The Morgan fingerprint density at radius 1 is 1.23 bits per heavy atom. The molecule has 0 unspecified atom stereocenters. The third kappa shape index (κ3) is 2.40. The van der Waals surface area contributed by atoms with Gasteiger partial charge in [-0.05, 0) is 12.1 Å². The molecular formula is C8H6BF3O. The molecule has 0 aromatic heterocycles. The lowest BCUT2D eigenvalue weighted by Gasteiger charge is -2.09. The highest BCUT2D eigenvalue weighted by molar-refractivity contribution is 6.32.